The molecule has 0 aliphatic carbocycles. The lowest BCUT2D eigenvalue weighted by atomic mass is 10.1. The Kier molecular flexibility index (Phi) is 10.5. The smallest absolute Gasteiger partial charge is 0.307 e. The van der Waals surface area contributed by atoms with Crippen LogP contribution in [0, 0.1) is 0 Å². The molecule has 0 radical (unpaired) electrons. The quantitative estimate of drug-likeness (QED) is 0.462. The van der Waals surface area contributed by atoms with Crippen molar-refractivity contribution >= 4 is 5.97 Å². The maximum absolute atomic E-state index is 11.4. The van der Waals surface area contributed by atoms with Gasteiger partial charge in [0.25, 0.3) is 0 Å². The van der Waals surface area contributed by atoms with Crippen LogP contribution in [0.1, 0.15) is 59.3 Å². The molecule has 0 saturated heterocycles. The van der Waals surface area contributed by atoms with Gasteiger partial charge in [0.1, 0.15) is 0 Å². The molecule has 1 atom stereocenters. The van der Waals surface area contributed by atoms with Crippen molar-refractivity contribution in [2.24, 2.45) is 0 Å². The van der Waals surface area contributed by atoms with Crippen LogP contribution in [0.4, 0.5) is 0 Å². The number of esters is 1. The van der Waals surface area contributed by atoms with E-state index in [1.807, 2.05) is 13.8 Å². The Morgan fingerprint density at radius 2 is 2.00 bits per heavy atom. The molecule has 0 bridgehead atoms. The lowest BCUT2D eigenvalue weighted by Crippen LogP contribution is -2.21. The highest BCUT2D eigenvalue weighted by atomic mass is 16.5. The highest BCUT2D eigenvalue weighted by molar-refractivity contribution is 5.69. The highest BCUT2D eigenvalue weighted by Crippen LogP contribution is 2.08. The number of carbonyl (C=O) groups excluding carboxylic acids is 1. The number of nitrogens with one attached hydrogen (secondary N) is 1. The molecule has 0 rings (SSSR count). The van der Waals surface area contributed by atoms with E-state index in [1.165, 1.54) is 19.3 Å². The van der Waals surface area contributed by atoms with Gasteiger partial charge in [-0.05, 0) is 26.3 Å². The van der Waals surface area contributed by atoms with Crippen molar-refractivity contribution in [3.05, 3.63) is 0 Å². The summed E-state index contributed by atoms with van der Waals surface area (Å²) in [6, 6.07) is 0. The van der Waals surface area contributed by atoms with E-state index in [1.54, 1.807) is 0 Å². The molecule has 0 aliphatic rings. The Balaban J connectivity index is 3.39. The summed E-state index contributed by atoms with van der Waals surface area (Å²) < 4.78 is 5.30. The molecular formula is C13H27NO2. The number of rotatable bonds is 10. The Morgan fingerprint density at radius 1 is 1.25 bits per heavy atom. The monoisotopic (exact) mass is 229 g/mol. The van der Waals surface area contributed by atoms with Crippen molar-refractivity contribution in [2.75, 3.05) is 13.1 Å². The molecule has 0 spiro atoms. The summed E-state index contributed by atoms with van der Waals surface area (Å²) in [7, 11) is 0. The first-order valence-corrected chi connectivity index (χ1v) is 6.60. The third-order valence-electron chi connectivity index (χ3n) is 2.55. The van der Waals surface area contributed by atoms with Gasteiger partial charge in [-0.1, -0.05) is 33.1 Å². The molecule has 0 fully saturated rings. The molecule has 1 N–H and O–H groups in total. The lowest BCUT2D eigenvalue weighted by Gasteiger charge is -2.13. The van der Waals surface area contributed by atoms with Crippen molar-refractivity contribution in [1.29, 1.82) is 0 Å². The highest BCUT2D eigenvalue weighted by Gasteiger charge is 2.08. The Labute approximate surface area is 99.9 Å². The second-order valence-electron chi connectivity index (χ2n) is 4.25. The summed E-state index contributed by atoms with van der Waals surface area (Å²) in [6.45, 7) is 7.83. The van der Waals surface area contributed by atoms with Gasteiger partial charge in [0.2, 0.25) is 0 Å². The molecule has 0 aromatic heterocycles. The largest absolute Gasteiger partial charge is 0.463 e. The van der Waals surface area contributed by atoms with Crippen molar-refractivity contribution in [1.82, 2.24) is 5.32 Å². The normalized spacial score (nSPS) is 12.4. The van der Waals surface area contributed by atoms with Crippen LogP contribution in [0.2, 0.25) is 0 Å². The number of ether oxygens (including phenoxy) is 1. The van der Waals surface area contributed by atoms with Crippen LogP contribution >= 0.6 is 0 Å². The Morgan fingerprint density at radius 3 is 2.62 bits per heavy atom. The van der Waals surface area contributed by atoms with Crippen LogP contribution in [0.25, 0.3) is 0 Å². The molecule has 96 valence electrons. The third kappa shape index (κ3) is 9.97. The SMILES string of the molecule is CCCCCCC(C)OC(=O)CCNCC. The molecule has 3 nitrogen and oxygen atoms in total. The van der Waals surface area contributed by atoms with E-state index < -0.39 is 0 Å². The Bertz CT molecular complexity index is 171. The van der Waals surface area contributed by atoms with Gasteiger partial charge >= 0.3 is 5.97 Å². The average Bonchev–Trinajstić information content (AvgIpc) is 2.25. The van der Waals surface area contributed by atoms with E-state index in [2.05, 4.69) is 12.2 Å². The van der Waals surface area contributed by atoms with Crippen molar-refractivity contribution in [3.63, 3.8) is 0 Å². The van der Waals surface area contributed by atoms with Crippen LogP contribution in [-0.2, 0) is 9.53 Å². The van der Waals surface area contributed by atoms with Gasteiger partial charge < -0.3 is 10.1 Å². The fourth-order valence-electron chi connectivity index (χ4n) is 1.57. The molecule has 0 heterocycles. The van der Waals surface area contributed by atoms with Crippen LogP contribution in [0.3, 0.4) is 0 Å². The second kappa shape index (κ2) is 10.9. The standard InChI is InChI=1S/C13H27NO2/c1-4-6-7-8-9-12(3)16-13(15)10-11-14-5-2/h12,14H,4-11H2,1-3H3. The van der Waals surface area contributed by atoms with Gasteiger partial charge in [-0.2, -0.15) is 0 Å². The van der Waals surface area contributed by atoms with Crippen LogP contribution < -0.4 is 5.32 Å². The zero-order valence-corrected chi connectivity index (χ0v) is 11.1. The average molecular weight is 229 g/mol. The minimum atomic E-state index is -0.0797. The summed E-state index contributed by atoms with van der Waals surface area (Å²) in [5.41, 5.74) is 0. The van der Waals surface area contributed by atoms with Gasteiger partial charge in [0.15, 0.2) is 0 Å². The molecule has 1 unspecified atom stereocenters. The number of unbranched alkanes of at least 4 members (excludes halogenated alkanes) is 3. The summed E-state index contributed by atoms with van der Waals surface area (Å²) in [4.78, 5) is 11.4. The van der Waals surface area contributed by atoms with Gasteiger partial charge in [0.05, 0.1) is 12.5 Å². The Hall–Kier alpha value is -0.570. The molecular weight excluding hydrogens is 202 g/mol. The van der Waals surface area contributed by atoms with Gasteiger partial charge in [-0.25, -0.2) is 0 Å². The fraction of sp³-hybridized carbons (Fsp3) is 0.923. The van der Waals surface area contributed by atoms with E-state index in [0.717, 1.165) is 25.9 Å². The van der Waals surface area contributed by atoms with Gasteiger partial charge in [0, 0.05) is 6.54 Å². The van der Waals surface area contributed by atoms with Crippen molar-refractivity contribution in [3.8, 4) is 0 Å². The first-order chi connectivity index (χ1) is 7.70. The predicted molar refractivity (Wildman–Crippen MR) is 67.5 cm³/mol. The topological polar surface area (TPSA) is 38.3 Å². The van der Waals surface area contributed by atoms with E-state index in [9.17, 15) is 4.79 Å². The molecule has 0 aromatic carbocycles. The third-order valence-corrected chi connectivity index (χ3v) is 2.55. The molecule has 0 aliphatic heterocycles. The summed E-state index contributed by atoms with van der Waals surface area (Å²) in [6.07, 6.45) is 6.48. The molecule has 16 heavy (non-hydrogen) atoms. The molecule has 0 amide bonds. The minimum absolute atomic E-state index is 0.0750. The maximum Gasteiger partial charge on any atom is 0.307 e. The predicted octanol–water partition coefficient (Wildman–Crippen LogP) is 2.89. The minimum Gasteiger partial charge on any atom is -0.463 e. The fourth-order valence-corrected chi connectivity index (χ4v) is 1.57. The van der Waals surface area contributed by atoms with Gasteiger partial charge in [-0.3, -0.25) is 4.79 Å². The van der Waals surface area contributed by atoms with Crippen LogP contribution in [0.15, 0.2) is 0 Å². The first-order valence-electron chi connectivity index (χ1n) is 6.60. The number of hydrogen-bond donors (Lipinski definition) is 1. The van der Waals surface area contributed by atoms with Crippen molar-refractivity contribution in [2.45, 2.75) is 65.4 Å². The zero-order valence-electron chi connectivity index (χ0n) is 11.1. The maximum atomic E-state index is 11.4. The zero-order chi connectivity index (χ0) is 12.2. The number of carbonyl (C=O) groups is 1. The first kappa shape index (κ1) is 15.4. The van der Waals surface area contributed by atoms with E-state index in [-0.39, 0.29) is 12.1 Å². The summed E-state index contributed by atoms with van der Waals surface area (Å²) in [5, 5.41) is 3.11. The second-order valence-corrected chi connectivity index (χ2v) is 4.25. The van der Waals surface area contributed by atoms with Crippen LogP contribution in [0.5, 0.6) is 0 Å². The summed E-state index contributed by atoms with van der Waals surface area (Å²) in [5.74, 6) is -0.0797. The van der Waals surface area contributed by atoms with E-state index in [0.29, 0.717) is 6.42 Å². The van der Waals surface area contributed by atoms with Crippen LogP contribution in [-0.4, -0.2) is 25.2 Å². The molecule has 0 aromatic rings. The molecule has 3 heteroatoms. The molecule has 0 saturated carbocycles. The van der Waals surface area contributed by atoms with Gasteiger partial charge in [-0.15, -0.1) is 0 Å². The lowest BCUT2D eigenvalue weighted by molar-refractivity contribution is -0.148. The van der Waals surface area contributed by atoms with Crippen molar-refractivity contribution < 1.29 is 9.53 Å². The summed E-state index contributed by atoms with van der Waals surface area (Å²) >= 11 is 0. The van der Waals surface area contributed by atoms with E-state index in [4.69, 9.17) is 4.74 Å². The van der Waals surface area contributed by atoms with E-state index >= 15 is 0 Å². The number of hydrogen-bond acceptors (Lipinski definition) is 3.